The number of hydrogen-bond acceptors (Lipinski definition) is 11. The third kappa shape index (κ3) is 7.71. The van der Waals surface area contributed by atoms with E-state index in [0.29, 0.717) is 6.61 Å². The van der Waals surface area contributed by atoms with Crippen molar-refractivity contribution in [3.05, 3.63) is 71.8 Å². The summed E-state index contributed by atoms with van der Waals surface area (Å²) in [6.45, 7) is 0.639. The van der Waals surface area contributed by atoms with Crippen LogP contribution in [0.1, 0.15) is 11.1 Å². The van der Waals surface area contributed by atoms with Crippen molar-refractivity contribution in [3.63, 3.8) is 0 Å². The topological polar surface area (TPSA) is 141 Å². The third-order valence-electron chi connectivity index (χ3n) is 7.37. The summed E-state index contributed by atoms with van der Waals surface area (Å²) in [6.07, 6.45) is -10.4. The van der Waals surface area contributed by atoms with Crippen LogP contribution in [0, 0.1) is 0 Å². The second-order valence-electron chi connectivity index (χ2n) is 10.00. The number of ether oxygens (including phenoxy) is 9. The van der Waals surface area contributed by atoms with Crippen LogP contribution in [0.3, 0.4) is 0 Å². The van der Waals surface area contributed by atoms with E-state index in [9.17, 15) is 15.0 Å². The van der Waals surface area contributed by atoms with Crippen LogP contribution in [0.5, 0.6) is 0 Å². The van der Waals surface area contributed by atoms with Crippen molar-refractivity contribution in [2.45, 2.75) is 74.6 Å². The highest BCUT2D eigenvalue weighted by Gasteiger charge is 2.54. The highest BCUT2D eigenvalue weighted by atomic mass is 16.8. The monoisotopic (exact) mass is 592 g/mol. The highest BCUT2D eigenvalue weighted by Crippen LogP contribution is 2.34. The van der Waals surface area contributed by atoms with Crippen LogP contribution in [-0.4, -0.2) is 113 Å². The van der Waals surface area contributed by atoms with Gasteiger partial charge in [-0.15, -0.1) is 0 Å². The summed E-state index contributed by atoms with van der Waals surface area (Å²) in [4.78, 5) is 11.9. The lowest BCUT2D eigenvalue weighted by molar-refractivity contribution is -0.363. The first kappa shape index (κ1) is 32.4. The fourth-order valence-corrected chi connectivity index (χ4v) is 5.26. The van der Waals surface area contributed by atoms with Crippen LogP contribution in [0.15, 0.2) is 60.7 Å². The van der Waals surface area contributed by atoms with Crippen LogP contribution < -0.4 is 0 Å². The first-order valence-corrected chi connectivity index (χ1v) is 13.7. The predicted molar refractivity (Wildman–Crippen MR) is 146 cm³/mol. The molecule has 10 atom stereocenters. The van der Waals surface area contributed by atoms with Crippen molar-refractivity contribution in [3.8, 4) is 0 Å². The number of aliphatic hydroxyl groups is 1. The summed E-state index contributed by atoms with van der Waals surface area (Å²) in [5.41, 5.74) is 1.90. The van der Waals surface area contributed by atoms with E-state index in [1.165, 1.54) is 28.4 Å². The number of hydrogen-bond donors (Lipinski definition) is 2. The van der Waals surface area contributed by atoms with Crippen LogP contribution in [0.4, 0.5) is 0 Å². The van der Waals surface area contributed by atoms with E-state index < -0.39 is 67.4 Å². The number of aliphatic carboxylic acids is 1. The number of methoxy groups -OCH3 is 4. The molecular formula is C30H40O12. The Bertz CT molecular complexity index is 1070. The molecule has 2 aromatic carbocycles. The lowest BCUT2D eigenvalue weighted by Gasteiger charge is -2.48. The molecular weight excluding hydrogens is 552 g/mol. The smallest absolute Gasteiger partial charge is 0.335 e. The zero-order valence-corrected chi connectivity index (χ0v) is 24.1. The molecule has 12 heteroatoms. The molecule has 232 valence electrons. The molecule has 0 saturated carbocycles. The first-order valence-electron chi connectivity index (χ1n) is 13.7. The van der Waals surface area contributed by atoms with Gasteiger partial charge in [0.2, 0.25) is 0 Å². The summed E-state index contributed by atoms with van der Waals surface area (Å²) in [7, 11) is 5.76. The van der Waals surface area contributed by atoms with Crippen LogP contribution >= 0.6 is 0 Å². The minimum absolute atomic E-state index is 0.0771. The van der Waals surface area contributed by atoms with Gasteiger partial charge in [0.1, 0.15) is 42.7 Å². The van der Waals surface area contributed by atoms with E-state index >= 15 is 0 Å². The van der Waals surface area contributed by atoms with Crippen molar-refractivity contribution in [1.29, 1.82) is 0 Å². The number of benzene rings is 2. The van der Waals surface area contributed by atoms with Gasteiger partial charge in [0.15, 0.2) is 18.7 Å². The first-order chi connectivity index (χ1) is 20.4. The second kappa shape index (κ2) is 15.8. The van der Waals surface area contributed by atoms with E-state index in [0.717, 1.165) is 11.1 Å². The van der Waals surface area contributed by atoms with Crippen molar-refractivity contribution >= 4 is 5.97 Å². The maximum absolute atomic E-state index is 11.9. The zero-order valence-electron chi connectivity index (χ0n) is 24.1. The quantitative estimate of drug-likeness (QED) is 0.330. The number of carboxylic acids is 1. The van der Waals surface area contributed by atoms with Gasteiger partial charge < -0.3 is 52.8 Å². The standard InChI is InChI=1S/C30H40O12/c1-34-23-21(31)24(28(32)33)42-30(26(23)36-3)41-22-20(17-38-15-18-11-7-5-8-12-18)40-29(37-4)27(25(22)35-2)39-16-19-13-9-6-10-14-19/h5-14,20-27,29-31H,15-17H2,1-4H3,(H,32,33)/t20?,21-,22+,23+,24?,25?,26?,27?,29-,30+/m0/s1. The second-order valence-corrected chi connectivity index (χ2v) is 10.00. The Morgan fingerprint density at radius 3 is 1.86 bits per heavy atom. The molecule has 2 aromatic rings. The van der Waals surface area contributed by atoms with Gasteiger partial charge in [0, 0.05) is 28.4 Å². The average molecular weight is 593 g/mol. The summed E-state index contributed by atoms with van der Waals surface area (Å²) in [5.74, 6) is -1.37. The Morgan fingerprint density at radius 1 is 0.714 bits per heavy atom. The van der Waals surface area contributed by atoms with Gasteiger partial charge in [-0.25, -0.2) is 4.79 Å². The lowest BCUT2D eigenvalue weighted by atomic mass is 9.96. The molecule has 0 spiro atoms. The number of carbonyl (C=O) groups is 1. The normalized spacial score (nSPS) is 33.4. The van der Waals surface area contributed by atoms with Gasteiger partial charge in [-0.1, -0.05) is 60.7 Å². The molecule has 2 heterocycles. The molecule has 2 N–H and O–H groups in total. The van der Waals surface area contributed by atoms with Crippen molar-refractivity contribution < 1.29 is 57.6 Å². The van der Waals surface area contributed by atoms with Gasteiger partial charge in [0.25, 0.3) is 0 Å². The fraction of sp³-hybridized carbons (Fsp3) is 0.567. The molecule has 2 fully saturated rings. The minimum Gasteiger partial charge on any atom is -0.479 e. The molecule has 0 aromatic heterocycles. The minimum atomic E-state index is -1.62. The molecule has 0 radical (unpaired) electrons. The van der Waals surface area contributed by atoms with Crippen LogP contribution in [-0.2, 0) is 60.6 Å². The molecule has 5 unspecified atom stereocenters. The summed E-state index contributed by atoms with van der Waals surface area (Å²) < 4.78 is 53.3. The highest BCUT2D eigenvalue weighted by molar-refractivity contribution is 5.73. The Morgan fingerprint density at radius 2 is 1.31 bits per heavy atom. The van der Waals surface area contributed by atoms with E-state index in [1.54, 1.807) is 0 Å². The van der Waals surface area contributed by atoms with E-state index in [-0.39, 0.29) is 13.2 Å². The van der Waals surface area contributed by atoms with Crippen molar-refractivity contribution in [2.24, 2.45) is 0 Å². The Balaban J connectivity index is 1.60. The Kier molecular flexibility index (Phi) is 12.2. The molecule has 0 aliphatic carbocycles. The molecule has 2 saturated heterocycles. The Labute approximate surface area is 245 Å². The van der Waals surface area contributed by atoms with Gasteiger partial charge in [-0.05, 0) is 11.1 Å². The number of carboxylic acid groups (broad SMARTS) is 1. The van der Waals surface area contributed by atoms with Crippen molar-refractivity contribution in [1.82, 2.24) is 0 Å². The molecule has 2 aliphatic rings. The maximum atomic E-state index is 11.9. The fourth-order valence-electron chi connectivity index (χ4n) is 5.26. The van der Waals surface area contributed by atoms with E-state index in [1.807, 2.05) is 60.7 Å². The van der Waals surface area contributed by atoms with Gasteiger partial charge in [-0.3, -0.25) is 0 Å². The predicted octanol–water partition coefficient (Wildman–Crippen LogP) is 1.76. The number of rotatable bonds is 14. The van der Waals surface area contributed by atoms with Crippen LogP contribution in [0.25, 0.3) is 0 Å². The molecule has 0 amide bonds. The van der Waals surface area contributed by atoms with Gasteiger partial charge >= 0.3 is 5.97 Å². The molecule has 2 aliphatic heterocycles. The third-order valence-corrected chi connectivity index (χ3v) is 7.37. The number of aliphatic hydroxyl groups excluding tert-OH is 1. The molecule has 42 heavy (non-hydrogen) atoms. The Hall–Kier alpha value is -2.49. The molecule has 4 rings (SSSR count). The summed E-state index contributed by atoms with van der Waals surface area (Å²) in [6, 6.07) is 19.3. The van der Waals surface area contributed by atoms with E-state index in [2.05, 4.69) is 0 Å². The lowest BCUT2D eigenvalue weighted by Crippen LogP contribution is -2.66. The summed E-state index contributed by atoms with van der Waals surface area (Å²) >= 11 is 0. The zero-order chi connectivity index (χ0) is 30.1. The van der Waals surface area contributed by atoms with Crippen LogP contribution in [0.2, 0.25) is 0 Å². The maximum Gasteiger partial charge on any atom is 0.335 e. The van der Waals surface area contributed by atoms with E-state index in [4.69, 9.17) is 42.6 Å². The van der Waals surface area contributed by atoms with Crippen molar-refractivity contribution in [2.75, 3.05) is 35.0 Å². The van der Waals surface area contributed by atoms with Gasteiger partial charge in [-0.2, -0.15) is 0 Å². The SMILES string of the molecule is COC1C(OCc2ccccc2)[C@@H](OC)OC(COCc2ccccc2)[C@H]1O[C@@H]1OC(C(=O)O)[C@@H](O)[C@@H](OC)C1OC. The average Bonchev–Trinajstić information content (AvgIpc) is 3.01. The molecule has 12 nitrogen and oxygen atoms in total. The summed E-state index contributed by atoms with van der Waals surface area (Å²) in [5, 5.41) is 20.3. The largest absolute Gasteiger partial charge is 0.479 e. The molecule has 0 bridgehead atoms. The van der Waals surface area contributed by atoms with Gasteiger partial charge in [0.05, 0.1) is 19.8 Å².